The summed E-state index contributed by atoms with van der Waals surface area (Å²) in [6.07, 6.45) is 5.80. The van der Waals surface area contributed by atoms with E-state index in [1.807, 2.05) is 6.20 Å². The topological polar surface area (TPSA) is 25.8 Å². The summed E-state index contributed by atoms with van der Waals surface area (Å²) in [5.74, 6) is 0.770. The maximum absolute atomic E-state index is 4.64. The van der Waals surface area contributed by atoms with Gasteiger partial charge in [0.25, 0.3) is 0 Å². The average molecular weight is 218 g/mol. The largest absolute Gasteiger partial charge is 0.243 e. The van der Waals surface area contributed by atoms with Gasteiger partial charge in [-0.25, -0.2) is 9.97 Å². The molecule has 0 bridgehead atoms. The molecule has 1 saturated carbocycles. The molecule has 78 valence electrons. The molecule has 0 saturated heterocycles. The third-order valence-corrected chi connectivity index (χ3v) is 3.90. The summed E-state index contributed by atoms with van der Waals surface area (Å²) in [6.45, 7) is 4.27. The fourth-order valence-electron chi connectivity index (χ4n) is 2.15. The summed E-state index contributed by atoms with van der Waals surface area (Å²) < 4.78 is 0. The molecule has 1 aliphatic rings. The first kappa shape index (κ1) is 9.28. The van der Waals surface area contributed by atoms with Crippen LogP contribution in [0.25, 0.3) is 10.3 Å². The summed E-state index contributed by atoms with van der Waals surface area (Å²) in [5, 5.41) is 1.13. The zero-order chi connectivity index (χ0) is 10.4. The van der Waals surface area contributed by atoms with E-state index in [1.165, 1.54) is 29.5 Å². The molecule has 2 aromatic heterocycles. The smallest absolute Gasteiger partial charge is 0.143 e. The van der Waals surface area contributed by atoms with E-state index in [9.17, 15) is 0 Å². The van der Waals surface area contributed by atoms with E-state index in [-0.39, 0.29) is 0 Å². The number of pyridine rings is 1. The van der Waals surface area contributed by atoms with Crippen LogP contribution in [-0.4, -0.2) is 9.97 Å². The maximum Gasteiger partial charge on any atom is 0.143 e. The standard InChI is InChI=1S/C12H14N2S/c1-3-8-6-13-12-11(14-7(2)15-12)10(8)9-4-5-9/h6,9H,3-5H2,1-2H3. The van der Waals surface area contributed by atoms with Crippen molar-refractivity contribution in [1.82, 2.24) is 9.97 Å². The Morgan fingerprint density at radius 1 is 1.47 bits per heavy atom. The van der Waals surface area contributed by atoms with Gasteiger partial charge >= 0.3 is 0 Å². The number of hydrogen-bond donors (Lipinski definition) is 0. The van der Waals surface area contributed by atoms with Crippen LogP contribution in [0.4, 0.5) is 0 Å². The molecule has 3 rings (SSSR count). The van der Waals surface area contributed by atoms with Crippen molar-refractivity contribution < 1.29 is 0 Å². The molecule has 3 heteroatoms. The summed E-state index contributed by atoms with van der Waals surface area (Å²) in [4.78, 5) is 10.3. The molecule has 0 spiro atoms. The molecule has 2 heterocycles. The minimum absolute atomic E-state index is 0.770. The SMILES string of the molecule is CCc1cnc2sc(C)nc2c1C1CC1. The van der Waals surface area contributed by atoms with Crippen LogP contribution in [-0.2, 0) is 6.42 Å². The average Bonchev–Trinajstić information content (AvgIpc) is 2.98. The van der Waals surface area contributed by atoms with Gasteiger partial charge in [-0.1, -0.05) is 18.3 Å². The van der Waals surface area contributed by atoms with Crippen molar-refractivity contribution in [2.45, 2.75) is 39.0 Å². The number of hydrogen-bond acceptors (Lipinski definition) is 3. The van der Waals surface area contributed by atoms with Gasteiger partial charge in [0.1, 0.15) is 10.3 Å². The first-order valence-corrected chi connectivity index (χ1v) is 6.36. The molecule has 0 N–H and O–H groups in total. The van der Waals surface area contributed by atoms with Crippen molar-refractivity contribution in [1.29, 1.82) is 0 Å². The number of aromatic nitrogens is 2. The van der Waals surface area contributed by atoms with E-state index >= 15 is 0 Å². The molecule has 0 aliphatic heterocycles. The maximum atomic E-state index is 4.64. The van der Waals surface area contributed by atoms with Gasteiger partial charge < -0.3 is 0 Å². The zero-order valence-electron chi connectivity index (χ0n) is 9.08. The van der Waals surface area contributed by atoms with Gasteiger partial charge in [-0.15, -0.1) is 0 Å². The van der Waals surface area contributed by atoms with Gasteiger partial charge in [-0.05, 0) is 43.2 Å². The lowest BCUT2D eigenvalue weighted by Crippen LogP contribution is -1.93. The molecule has 1 fully saturated rings. The lowest BCUT2D eigenvalue weighted by molar-refractivity contribution is 1.02. The van der Waals surface area contributed by atoms with Crippen LogP contribution < -0.4 is 0 Å². The Morgan fingerprint density at radius 3 is 2.93 bits per heavy atom. The molecule has 2 aromatic rings. The van der Waals surface area contributed by atoms with Crippen molar-refractivity contribution in [3.05, 3.63) is 22.3 Å². The molecule has 15 heavy (non-hydrogen) atoms. The van der Waals surface area contributed by atoms with E-state index in [1.54, 1.807) is 11.3 Å². The minimum Gasteiger partial charge on any atom is -0.243 e. The molecule has 0 aromatic carbocycles. The van der Waals surface area contributed by atoms with Gasteiger partial charge in [0, 0.05) is 6.20 Å². The van der Waals surface area contributed by atoms with E-state index in [0.717, 1.165) is 22.2 Å². The number of nitrogens with zero attached hydrogens (tertiary/aromatic N) is 2. The van der Waals surface area contributed by atoms with E-state index in [0.29, 0.717) is 0 Å². The normalized spacial score (nSPS) is 16.1. The van der Waals surface area contributed by atoms with Crippen molar-refractivity contribution in [3.8, 4) is 0 Å². The van der Waals surface area contributed by atoms with Crippen LogP contribution in [0.1, 0.15) is 41.8 Å². The highest BCUT2D eigenvalue weighted by molar-refractivity contribution is 7.18. The predicted molar refractivity (Wildman–Crippen MR) is 63.5 cm³/mol. The van der Waals surface area contributed by atoms with Crippen molar-refractivity contribution in [3.63, 3.8) is 0 Å². The number of thiazole rings is 1. The van der Waals surface area contributed by atoms with E-state index < -0.39 is 0 Å². The van der Waals surface area contributed by atoms with Gasteiger partial charge in [-0.2, -0.15) is 0 Å². The molecule has 0 atom stereocenters. The van der Waals surface area contributed by atoms with Crippen LogP contribution in [0.15, 0.2) is 6.20 Å². The quantitative estimate of drug-likeness (QED) is 0.771. The lowest BCUT2D eigenvalue weighted by Gasteiger charge is -2.05. The Balaban J connectivity index is 2.31. The number of rotatable bonds is 2. The van der Waals surface area contributed by atoms with Gasteiger partial charge in [-0.3, -0.25) is 0 Å². The van der Waals surface area contributed by atoms with Crippen LogP contribution in [0, 0.1) is 6.92 Å². The molecule has 0 unspecified atom stereocenters. The second kappa shape index (κ2) is 3.27. The number of aryl methyl sites for hydroxylation is 2. The molecular weight excluding hydrogens is 204 g/mol. The summed E-state index contributed by atoms with van der Waals surface area (Å²) in [5.41, 5.74) is 4.07. The lowest BCUT2D eigenvalue weighted by atomic mass is 10.0. The summed E-state index contributed by atoms with van der Waals surface area (Å²) in [7, 11) is 0. The summed E-state index contributed by atoms with van der Waals surface area (Å²) in [6, 6.07) is 0. The third kappa shape index (κ3) is 1.46. The first-order chi connectivity index (χ1) is 7.29. The highest BCUT2D eigenvalue weighted by atomic mass is 32.1. The zero-order valence-corrected chi connectivity index (χ0v) is 9.90. The monoisotopic (exact) mass is 218 g/mol. The fraction of sp³-hybridized carbons (Fsp3) is 0.500. The Labute approximate surface area is 93.4 Å². The molecule has 2 nitrogen and oxygen atoms in total. The van der Waals surface area contributed by atoms with Crippen LogP contribution in [0.3, 0.4) is 0 Å². The van der Waals surface area contributed by atoms with E-state index in [2.05, 4.69) is 23.8 Å². The Hall–Kier alpha value is -0.960. The van der Waals surface area contributed by atoms with Crippen molar-refractivity contribution in [2.75, 3.05) is 0 Å². The van der Waals surface area contributed by atoms with Crippen LogP contribution >= 0.6 is 11.3 Å². The molecule has 0 amide bonds. The second-order valence-electron chi connectivity index (χ2n) is 4.21. The predicted octanol–water partition coefficient (Wildman–Crippen LogP) is 3.44. The Morgan fingerprint density at radius 2 is 2.27 bits per heavy atom. The Kier molecular flexibility index (Phi) is 2.02. The van der Waals surface area contributed by atoms with Crippen LogP contribution in [0.2, 0.25) is 0 Å². The molecule has 1 aliphatic carbocycles. The van der Waals surface area contributed by atoms with Crippen molar-refractivity contribution >= 4 is 21.7 Å². The van der Waals surface area contributed by atoms with Crippen molar-refractivity contribution in [2.24, 2.45) is 0 Å². The van der Waals surface area contributed by atoms with Gasteiger partial charge in [0.05, 0.1) is 5.01 Å². The Bertz CT molecular complexity index is 512. The number of fused-ring (bicyclic) bond motifs is 1. The highest BCUT2D eigenvalue weighted by Crippen LogP contribution is 2.45. The van der Waals surface area contributed by atoms with Gasteiger partial charge in [0.2, 0.25) is 0 Å². The third-order valence-electron chi connectivity index (χ3n) is 3.02. The van der Waals surface area contributed by atoms with Crippen LogP contribution in [0.5, 0.6) is 0 Å². The summed E-state index contributed by atoms with van der Waals surface area (Å²) >= 11 is 1.71. The molecular formula is C12H14N2S. The minimum atomic E-state index is 0.770. The molecule has 0 radical (unpaired) electrons. The highest BCUT2D eigenvalue weighted by Gasteiger charge is 2.29. The first-order valence-electron chi connectivity index (χ1n) is 5.54. The fourth-order valence-corrected chi connectivity index (χ4v) is 2.92. The van der Waals surface area contributed by atoms with Gasteiger partial charge in [0.15, 0.2) is 0 Å². The second-order valence-corrected chi connectivity index (χ2v) is 5.39. The van der Waals surface area contributed by atoms with E-state index in [4.69, 9.17) is 0 Å².